The third-order valence-electron chi connectivity index (χ3n) is 4.16. The first-order valence-electron chi connectivity index (χ1n) is 8.06. The molecule has 3 rings (SSSR count). The molecular weight excluding hydrogens is 373 g/mol. The summed E-state index contributed by atoms with van der Waals surface area (Å²) in [6.07, 6.45) is 1.45. The van der Waals surface area contributed by atoms with Crippen molar-refractivity contribution in [1.82, 2.24) is 0 Å². The maximum atomic E-state index is 13.3. The predicted molar refractivity (Wildman–Crippen MR) is 99.5 cm³/mol. The number of hydrogen-bond donors (Lipinski definition) is 0. The molecule has 6 nitrogen and oxygen atoms in total. The van der Waals surface area contributed by atoms with E-state index in [-0.39, 0.29) is 11.3 Å². The van der Waals surface area contributed by atoms with Gasteiger partial charge in [0.05, 0.1) is 26.0 Å². The second-order valence-corrected chi connectivity index (χ2v) is 7.91. The monoisotopic (exact) mass is 391 g/mol. The normalized spacial score (nSPS) is 17.5. The van der Waals surface area contributed by atoms with E-state index in [2.05, 4.69) is 0 Å². The fourth-order valence-corrected chi connectivity index (χ4v) is 4.12. The Kier molecular flexibility index (Phi) is 5.18. The summed E-state index contributed by atoms with van der Waals surface area (Å²) in [6.45, 7) is 0. The van der Waals surface area contributed by atoms with Crippen LogP contribution in [0.25, 0.3) is 0 Å². The molecule has 1 aliphatic heterocycles. The minimum Gasteiger partial charge on any atom is -0.497 e. The van der Waals surface area contributed by atoms with E-state index in [0.717, 1.165) is 5.41 Å². The third kappa shape index (κ3) is 4.11. The summed E-state index contributed by atoms with van der Waals surface area (Å²) in [5.74, 6) is -0.302. The summed E-state index contributed by atoms with van der Waals surface area (Å²) < 4.78 is 47.5. The molecule has 0 aliphatic carbocycles. The van der Waals surface area contributed by atoms with E-state index in [1.54, 1.807) is 6.07 Å². The molecule has 2 aromatic carbocycles. The Labute approximate surface area is 156 Å². The molecule has 0 fully saturated rings. The molecule has 27 heavy (non-hydrogen) atoms. The molecule has 0 N–H and O–H groups in total. The molecule has 0 saturated carbocycles. The van der Waals surface area contributed by atoms with Gasteiger partial charge in [-0.2, -0.15) is 0 Å². The number of rotatable bonds is 5. The van der Waals surface area contributed by atoms with Crippen LogP contribution in [0, 0.1) is 5.82 Å². The lowest BCUT2D eigenvalue weighted by molar-refractivity contribution is 0.0982. The lowest BCUT2D eigenvalue weighted by atomic mass is 10.1. The Morgan fingerprint density at radius 1 is 1.07 bits per heavy atom. The number of nitrogens with zero attached hydrogens (tertiary/aromatic N) is 1. The smallest absolute Gasteiger partial charge is 0.259 e. The van der Waals surface area contributed by atoms with Crippen LogP contribution in [0.2, 0.25) is 0 Å². The average molecular weight is 391 g/mol. The second-order valence-electron chi connectivity index (χ2n) is 5.98. The SMILES string of the molecule is COc1cc(OC)cc(C(=O)N(c2ccc(F)cc2)[C@H]2C=CS(=O)(=O)C2)c1. The van der Waals surface area contributed by atoms with E-state index in [4.69, 9.17) is 9.47 Å². The number of carbonyl (C=O) groups excluding carboxylic acids is 1. The topological polar surface area (TPSA) is 72.9 Å². The van der Waals surface area contributed by atoms with Crippen LogP contribution in [-0.2, 0) is 9.84 Å². The van der Waals surface area contributed by atoms with Crippen molar-refractivity contribution in [3.8, 4) is 11.5 Å². The van der Waals surface area contributed by atoms with E-state index in [9.17, 15) is 17.6 Å². The standard InChI is InChI=1S/C19H18FNO5S/c1-25-17-9-13(10-18(11-17)26-2)19(22)21(15-5-3-14(20)4-6-15)16-7-8-27(23,24)12-16/h3-11,16H,12H2,1-2H3/t16-/m0/s1. The molecule has 8 heteroatoms. The number of halogens is 1. The van der Waals surface area contributed by atoms with Gasteiger partial charge in [0, 0.05) is 22.7 Å². The molecule has 0 aromatic heterocycles. The summed E-state index contributed by atoms with van der Waals surface area (Å²) in [6, 6.07) is 9.30. The maximum Gasteiger partial charge on any atom is 0.259 e. The van der Waals surface area contributed by atoms with Gasteiger partial charge in [0.1, 0.15) is 17.3 Å². The Morgan fingerprint density at radius 2 is 1.67 bits per heavy atom. The Morgan fingerprint density at radius 3 is 2.15 bits per heavy atom. The van der Waals surface area contributed by atoms with E-state index >= 15 is 0 Å². The Hall–Kier alpha value is -2.87. The van der Waals surface area contributed by atoms with Crippen LogP contribution >= 0.6 is 0 Å². The van der Waals surface area contributed by atoms with Gasteiger partial charge in [0.25, 0.3) is 5.91 Å². The molecule has 1 atom stereocenters. The van der Waals surface area contributed by atoms with Gasteiger partial charge in [-0.3, -0.25) is 4.79 Å². The van der Waals surface area contributed by atoms with Crippen LogP contribution in [0.15, 0.2) is 53.9 Å². The van der Waals surface area contributed by atoms with Gasteiger partial charge in [-0.15, -0.1) is 0 Å². The molecule has 0 unspecified atom stereocenters. The zero-order chi connectivity index (χ0) is 19.6. The summed E-state index contributed by atoms with van der Waals surface area (Å²) in [7, 11) is -0.465. The second kappa shape index (κ2) is 7.40. The van der Waals surface area contributed by atoms with Crippen LogP contribution < -0.4 is 14.4 Å². The van der Waals surface area contributed by atoms with E-state index in [0.29, 0.717) is 17.2 Å². The molecule has 2 aromatic rings. The van der Waals surface area contributed by atoms with Gasteiger partial charge < -0.3 is 14.4 Å². The Balaban J connectivity index is 2.06. The highest BCUT2D eigenvalue weighted by Crippen LogP contribution is 2.28. The molecular formula is C19H18FNO5S. The fourth-order valence-electron chi connectivity index (χ4n) is 2.85. The minimum atomic E-state index is -3.40. The largest absolute Gasteiger partial charge is 0.497 e. The van der Waals surface area contributed by atoms with E-state index in [1.165, 1.54) is 61.6 Å². The highest BCUT2D eigenvalue weighted by molar-refractivity contribution is 7.94. The molecule has 1 aliphatic rings. The summed E-state index contributed by atoms with van der Waals surface area (Å²) in [4.78, 5) is 14.6. The van der Waals surface area contributed by atoms with Crippen LogP contribution in [-0.4, -0.2) is 40.3 Å². The zero-order valence-corrected chi connectivity index (χ0v) is 15.6. The van der Waals surface area contributed by atoms with E-state index in [1.807, 2.05) is 0 Å². The van der Waals surface area contributed by atoms with Crippen molar-refractivity contribution < 1.29 is 27.1 Å². The molecule has 0 bridgehead atoms. The lowest BCUT2D eigenvalue weighted by Gasteiger charge is -2.28. The average Bonchev–Trinajstić information content (AvgIpc) is 3.02. The number of sulfone groups is 1. The van der Waals surface area contributed by atoms with Gasteiger partial charge in [0.2, 0.25) is 0 Å². The quantitative estimate of drug-likeness (QED) is 0.784. The van der Waals surface area contributed by atoms with Crippen molar-refractivity contribution in [2.24, 2.45) is 0 Å². The zero-order valence-electron chi connectivity index (χ0n) is 14.8. The van der Waals surface area contributed by atoms with Crippen LogP contribution in [0.5, 0.6) is 11.5 Å². The van der Waals surface area contributed by atoms with Crippen molar-refractivity contribution in [3.63, 3.8) is 0 Å². The van der Waals surface area contributed by atoms with Crippen molar-refractivity contribution in [1.29, 1.82) is 0 Å². The van der Waals surface area contributed by atoms with Crippen molar-refractivity contribution >= 4 is 21.4 Å². The van der Waals surface area contributed by atoms with Crippen LogP contribution in [0.4, 0.5) is 10.1 Å². The van der Waals surface area contributed by atoms with Crippen molar-refractivity contribution in [2.45, 2.75) is 6.04 Å². The number of anilines is 1. The maximum absolute atomic E-state index is 13.3. The molecule has 0 spiro atoms. The third-order valence-corrected chi connectivity index (χ3v) is 5.54. The number of carbonyl (C=O) groups is 1. The highest BCUT2D eigenvalue weighted by atomic mass is 32.2. The summed E-state index contributed by atoms with van der Waals surface area (Å²) in [5, 5.41) is 1.09. The summed E-state index contributed by atoms with van der Waals surface area (Å²) >= 11 is 0. The Bertz CT molecular complexity index is 963. The van der Waals surface area contributed by atoms with Gasteiger partial charge in [-0.1, -0.05) is 0 Å². The number of amides is 1. The first kappa shape index (κ1) is 18.9. The predicted octanol–water partition coefficient (Wildman–Crippen LogP) is 2.80. The number of hydrogen-bond acceptors (Lipinski definition) is 5. The van der Waals surface area contributed by atoms with Crippen LogP contribution in [0.1, 0.15) is 10.4 Å². The van der Waals surface area contributed by atoms with Gasteiger partial charge in [0.15, 0.2) is 9.84 Å². The van der Waals surface area contributed by atoms with Gasteiger partial charge in [-0.25, -0.2) is 12.8 Å². The van der Waals surface area contributed by atoms with E-state index < -0.39 is 27.6 Å². The molecule has 142 valence electrons. The summed E-state index contributed by atoms with van der Waals surface area (Å²) in [5.41, 5.74) is 0.642. The van der Waals surface area contributed by atoms with Crippen molar-refractivity contribution in [2.75, 3.05) is 24.9 Å². The molecule has 0 saturated heterocycles. The molecule has 0 radical (unpaired) electrons. The molecule has 1 heterocycles. The van der Waals surface area contributed by atoms with Gasteiger partial charge >= 0.3 is 0 Å². The first-order chi connectivity index (χ1) is 12.8. The fraction of sp³-hybridized carbons (Fsp3) is 0.211. The number of ether oxygens (including phenoxy) is 2. The molecule has 1 amide bonds. The number of benzene rings is 2. The highest BCUT2D eigenvalue weighted by Gasteiger charge is 2.32. The number of methoxy groups -OCH3 is 2. The first-order valence-corrected chi connectivity index (χ1v) is 9.77. The van der Waals surface area contributed by atoms with Gasteiger partial charge in [-0.05, 0) is 42.5 Å². The van der Waals surface area contributed by atoms with Crippen molar-refractivity contribution in [3.05, 3.63) is 65.3 Å². The van der Waals surface area contributed by atoms with Crippen LogP contribution in [0.3, 0.4) is 0 Å². The minimum absolute atomic E-state index is 0.239. The lowest BCUT2D eigenvalue weighted by Crippen LogP contribution is -2.41.